The highest BCUT2D eigenvalue weighted by Gasteiger charge is 2.30. The molecule has 204 valence electrons. The van der Waals surface area contributed by atoms with E-state index in [2.05, 4.69) is 9.88 Å². The molecule has 0 saturated carbocycles. The Labute approximate surface area is 228 Å². The Bertz CT molecular complexity index is 1410. The quantitative estimate of drug-likeness (QED) is 0.198. The molecule has 0 aliphatic rings. The predicted molar refractivity (Wildman–Crippen MR) is 142 cm³/mol. The molecule has 0 spiro atoms. The zero-order valence-corrected chi connectivity index (χ0v) is 22.2. The largest absolute Gasteiger partial charge is 0.482 e. The summed E-state index contributed by atoms with van der Waals surface area (Å²) in [4.78, 5) is 18.0. The summed E-state index contributed by atoms with van der Waals surface area (Å²) in [6.07, 6.45) is -0.889. The van der Waals surface area contributed by atoms with Gasteiger partial charge in [-0.3, -0.25) is 9.88 Å². The fraction of sp³-hybridized carbons (Fsp3) is 0.241. The van der Waals surface area contributed by atoms with E-state index >= 15 is 0 Å². The molecule has 6 nitrogen and oxygen atoms in total. The number of carbonyl (C=O) groups is 1. The average molecular weight is 557 g/mol. The van der Waals surface area contributed by atoms with Gasteiger partial charge in [0.1, 0.15) is 17.3 Å². The van der Waals surface area contributed by atoms with Crippen molar-refractivity contribution in [2.24, 2.45) is 0 Å². The molecular weight excluding hydrogens is 529 g/mol. The van der Waals surface area contributed by atoms with Crippen LogP contribution in [-0.4, -0.2) is 34.6 Å². The number of benzene rings is 2. The summed E-state index contributed by atoms with van der Waals surface area (Å²) in [5.74, 6) is 1.25. The minimum absolute atomic E-state index is 0.412. The van der Waals surface area contributed by atoms with Crippen LogP contribution >= 0.6 is 11.8 Å². The van der Waals surface area contributed by atoms with Crippen LogP contribution in [0.1, 0.15) is 28.0 Å². The van der Waals surface area contributed by atoms with Gasteiger partial charge in [0.25, 0.3) is 0 Å². The Morgan fingerprint density at radius 1 is 1.10 bits per heavy atom. The fourth-order valence-corrected chi connectivity index (χ4v) is 4.96. The topological polar surface area (TPSA) is 75.8 Å². The van der Waals surface area contributed by atoms with Crippen LogP contribution in [0.25, 0.3) is 11.3 Å². The van der Waals surface area contributed by atoms with E-state index in [4.69, 9.17) is 14.3 Å². The van der Waals surface area contributed by atoms with Gasteiger partial charge in [-0.05, 0) is 67.6 Å². The minimum atomic E-state index is -4.41. The van der Waals surface area contributed by atoms with E-state index in [9.17, 15) is 18.0 Å². The van der Waals surface area contributed by atoms with Crippen molar-refractivity contribution < 1.29 is 32.2 Å². The third-order valence-electron chi connectivity index (χ3n) is 5.87. The molecule has 1 N–H and O–H groups in total. The summed E-state index contributed by atoms with van der Waals surface area (Å²) in [5.41, 5.74) is 2.64. The van der Waals surface area contributed by atoms with E-state index in [0.717, 1.165) is 39.5 Å². The molecule has 0 fully saturated rings. The summed E-state index contributed by atoms with van der Waals surface area (Å²) >= 11 is 1.57. The summed E-state index contributed by atoms with van der Waals surface area (Å²) in [7, 11) is 1.96. The molecule has 2 heterocycles. The molecule has 0 amide bonds. The average Bonchev–Trinajstić information content (AvgIpc) is 3.29. The molecule has 4 rings (SSSR count). The Hall–Kier alpha value is -3.76. The highest BCUT2D eigenvalue weighted by molar-refractivity contribution is 7.98. The molecule has 0 saturated heterocycles. The number of aryl methyl sites for hydroxylation is 1. The number of nitrogens with zero attached hydrogens (tertiary/aromatic N) is 2. The summed E-state index contributed by atoms with van der Waals surface area (Å²) in [6.45, 7) is 2.58. The maximum atomic E-state index is 13.0. The molecule has 10 heteroatoms. The Balaban J connectivity index is 1.54. The molecule has 2 aromatic heterocycles. The van der Waals surface area contributed by atoms with Gasteiger partial charge in [0, 0.05) is 40.7 Å². The summed E-state index contributed by atoms with van der Waals surface area (Å²) < 4.78 is 50.6. The molecule has 0 aliphatic heterocycles. The Kier molecular flexibility index (Phi) is 8.98. The van der Waals surface area contributed by atoms with Crippen molar-refractivity contribution in [3.63, 3.8) is 0 Å². The van der Waals surface area contributed by atoms with Crippen molar-refractivity contribution >= 4 is 17.7 Å². The van der Waals surface area contributed by atoms with Gasteiger partial charge < -0.3 is 14.3 Å². The van der Waals surface area contributed by atoms with Crippen molar-refractivity contribution in [1.82, 2.24) is 9.88 Å². The van der Waals surface area contributed by atoms with E-state index in [1.807, 2.05) is 44.3 Å². The van der Waals surface area contributed by atoms with E-state index in [0.29, 0.717) is 35.9 Å². The molecule has 2 aromatic carbocycles. The zero-order chi connectivity index (χ0) is 28.0. The number of aromatic nitrogens is 1. The minimum Gasteiger partial charge on any atom is -0.482 e. The van der Waals surface area contributed by atoms with Gasteiger partial charge in [0.15, 0.2) is 6.61 Å². The number of hydrogen-bond acceptors (Lipinski definition) is 6. The number of aliphatic carboxylic acids is 1. The van der Waals surface area contributed by atoms with Crippen LogP contribution in [0, 0.1) is 6.92 Å². The predicted octanol–water partition coefficient (Wildman–Crippen LogP) is 7.06. The van der Waals surface area contributed by atoms with Crippen molar-refractivity contribution in [3.8, 4) is 17.1 Å². The molecule has 0 bridgehead atoms. The van der Waals surface area contributed by atoms with Crippen LogP contribution in [0.2, 0.25) is 0 Å². The number of pyridine rings is 1. The molecular formula is C29H27F3N2O4S. The van der Waals surface area contributed by atoms with Gasteiger partial charge in [-0.1, -0.05) is 18.2 Å². The van der Waals surface area contributed by atoms with Crippen LogP contribution in [-0.2, 0) is 29.8 Å². The SMILES string of the molecule is Cc1cc(SCc2cc(-c3ccc(C(F)(F)F)cc3)oc2CN(C)Cc2cccnc2)ccc1OCC(=O)O. The lowest BCUT2D eigenvalue weighted by Gasteiger charge is -2.16. The first kappa shape index (κ1) is 28.3. The number of thioether (sulfide) groups is 1. The van der Waals surface area contributed by atoms with E-state index < -0.39 is 24.3 Å². The number of ether oxygens (including phenoxy) is 1. The van der Waals surface area contributed by atoms with Gasteiger partial charge in [-0.15, -0.1) is 11.8 Å². The number of alkyl halides is 3. The van der Waals surface area contributed by atoms with Crippen LogP contribution in [0.4, 0.5) is 13.2 Å². The second-order valence-electron chi connectivity index (χ2n) is 9.07. The molecule has 4 aromatic rings. The lowest BCUT2D eigenvalue weighted by Crippen LogP contribution is -2.17. The molecule has 0 radical (unpaired) electrons. The van der Waals surface area contributed by atoms with Crippen LogP contribution in [0.15, 0.2) is 82.4 Å². The van der Waals surface area contributed by atoms with Crippen LogP contribution in [0.3, 0.4) is 0 Å². The molecule has 0 aliphatic carbocycles. The fourth-order valence-electron chi connectivity index (χ4n) is 3.97. The van der Waals surface area contributed by atoms with Gasteiger partial charge in [0.05, 0.1) is 12.1 Å². The third-order valence-corrected chi connectivity index (χ3v) is 6.92. The van der Waals surface area contributed by atoms with Gasteiger partial charge in [-0.2, -0.15) is 13.2 Å². The number of halogens is 3. The van der Waals surface area contributed by atoms with Crippen molar-refractivity contribution in [2.45, 2.75) is 36.8 Å². The zero-order valence-electron chi connectivity index (χ0n) is 21.4. The van der Waals surface area contributed by atoms with Crippen LogP contribution < -0.4 is 4.74 Å². The van der Waals surface area contributed by atoms with Gasteiger partial charge in [0.2, 0.25) is 0 Å². The highest BCUT2D eigenvalue weighted by Crippen LogP contribution is 2.35. The molecule has 0 atom stereocenters. The van der Waals surface area contributed by atoms with Crippen molar-refractivity contribution in [1.29, 1.82) is 0 Å². The first-order valence-electron chi connectivity index (χ1n) is 12.0. The first-order chi connectivity index (χ1) is 18.6. The second-order valence-corrected chi connectivity index (χ2v) is 10.1. The smallest absolute Gasteiger partial charge is 0.416 e. The number of carboxylic acids is 1. The van der Waals surface area contributed by atoms with Gasteiger partial charge in [-0.25, -0.2) is 4.79 Å². The van der Waals surface area contributed by atoms with Crippen molar-refractivity contribution in [2.75, 3.05) is 13.7 Å². The number of hydrogen-bond donors (Lipinski definition) is 1. The maximum Gasteiger partial charge on any atom is 0.416 e. The first-order valence-corrected chi connectivity index (χ1v) is 13.0. The lowest BCUT2D eigenvalue weighted by atomic mass is 10.1. The van der Waals surface area contributed by atoms with Crippen LogP contribution in [0.5, 0.6) is 5.75 Å². The van der Waals surface area contributed by atoms with E-state index in [1.54, 1.807) is 30.2 Å². The Morgan fingerprint density at radius 3 is 2.51 bits per heavy atom. The summed E-state index contributed by atoms with van der Waals surface area (Å²) in [5, 5.41) is 8.84. The normalized spacial score (nSPS) is 11.6. The Morgan fingerprint density at radius 2 is 1.87 bits per heavy atom. The molecule has 0 unspecified atom stereocenters. The highest BCUT2D eigenvalue weighted by atomic mass is 32.2. The third kappa shape index (κ3) is 7.87. The second kappa shape index (κ2) is 12.4. The number of furan rings is 1. The molecule has 39 heavy (non-hydrogen) atoms. The van der Waals surface area contributed by atoms with Gasteiger partial charge >= 0.3 is 12.1 Å². The lowest BCUT2D eigenvalue weighted by molar-refractivity contribution is -0.139. The summed E-state index contributed by atoms with van der Waals surface area (Å²) in [6, 6.07) is 16.2. The van der Waals surface area contributed by atoms with Crippen molar-refractivity contribution in [3.05, 3.63) is 101 Å². The van der Waals surface area contributed by atoms with E-state index in [1.165, 1.54) is 12.1 Å². The van der Waals surface area contributed by atoms with E-state index in [-0.39, 0.29) is 0 Å². The number of rotatable bonds is 11. The number of carboxylic acid groups (broad SMARTS) is 1. The maximum absolute atomic E-state index is 13.0. The standard InChI is InChI=1S/C29H27F3N2O4S/c1-19-12-24(9-10-25(19)37-17-28(35)36)39-18-22-13-26(21-5-7-23(8-6-21)29(30,31)32)38-27(22)16-34(2)15-20-4-3-11-33-14-20/h3-14H,15-18H2,1-2H3,(H,35,36). The monoisotopic (exact) mass is 556 g/mol.